The van der Waals surface area contributed by atoms with Crippen molar-refractivity contribution in [2.24, 2.45) is 0 Å². The fourth-order valence-corrected chi connectivity index (χ4v) is 8.64. The number of para-hydroxylation sites is 1. The van der Waals surface area contributed by atoms with Gasteiger partial charge in [0.2, 0.25) is 5.89 Å². The molecule has 7 aromatic carbocycles. The van der Waals surface area contributed by atoms with Crippen molar-refractivity contribution in [1.29, 1.82) is 0 Å². The lowest BCUT2D eigenvalue weighted by molar-refractivity contribution is 0.591. The van der Waals surface area contributed by atoms with Crippen molar-refractivity contribution in [3.05, 3.63) is 157 Å². The minimum atomic E-state index is -0.0132. The van der Waals surface area contributed by atoms with Gasteiger partial charge in [-0.2, -0.15) is 0 Å². The zero-order chi connectivity index (χ0) is 38.7. The molecule has 1 aliphatic rings. The lowest BCUT2D eigenvalue weighted by atomic mass is 9.58. The maximum atomic E-state index is 6.50. The van der Waals surface area contributed by atoms with Crippen LogP contribution in [-0.2, 0) is 11.8 Å². The molecule has 5 heteroatoms. The highest BCUT2D eigenvalue weighted by Gasteiger charge is 2.30. The van der Waals surface area contributed by atoms with Crippen molar-refractivity contribution in [3.63, 3.8) is 0 Å². The van der Waals surface area contributed by atoms with Crippen molar-refractivity contribution >= 4 is 62.5 Å². The Bertz CT molecular complexity index is 2930. The highest BCUT2D eigenvalue weighted by molar-refractivity contribution is 6.74. The number of hydrogen-bond acceptors (Lipinski definition) is 3. The van der Waals surface area contributed by atoms with Crippen LogP contribution in [0.25, 0.3) is 72.3 Å². The van der Waals surface area contributed by atoms with Gasteiger partial charge in [0, 0.05) is 50.5 Å². The van der Waals surface area contributed by atoms with Crippen LogP contribution in [0.3, 0.4) is 0 Å². The molecular weight excluding hydrogens is 693 g/mol. The summed E-state index contributed by atoms with van der Waals surface area (Å²) in [6.07, 6.45) is 4.84. The smallest absolute Gasteiger partial charge is 0.227 e. The normalized spacial score (nSPS) is 12.3. The van der Waals surface area contributed by atoms with Crippen molar-refractivity contribution in [2.75, 3.05) is 5.32 Å². The predicted octanol–water partition coefficient (Wildman–Crippen LogP) is 12.7. The van der Waals surface area contributed by atoms with Crippen molar-refractivity contribution in [2.45, 2.75) is 58.8 Å². The summed E-state index contributed by atoms with van der Waals surface area (Å²) in [6.45, 7) is 9.15. The molecule has 0 fully saturated rings. The third-order valence-electron chi connectivity index (χ3n) is 11.6. The fourth-order valence-electron chi connectivity index (χ4n) is 8.64. The lowest BCUT2D eigenvalue weighted by Gasteiger charge is -2.25. The van der Waals surface area contributed by atoms with E-state index in [-0.39, 0.29) is 5.41 Å². The zero-order valence-corrected chi connectivity index (χ0v) is 33.1. The van der Waals surface area contributed by atoms with Gasteiger partial charge in [-0.1, -0.05) is 131 Å². The summed E-state index contributed by atoms with van der Waals surface area (Å²) in [7, 11) is 2.38. The number of hydrogen-bond donors (Lipinski definition) is 1. The first kappa shape index (κ1) is 35.1. The molecule has 0 amide bonds. The average Bonchev–Trinajstić information content (AvgIpc) is 3.81. The topological polar surface area (TPSA) is 43.0 Å². The number of rotatable bonds is 9. The van der Waals surface area contributed by atoms with Gasteiger partial charge in [0.1, 0.15) is 5.52 Å². The van der Waals surface area contributed by atoms with Gasteiger partial charge in [-0.15, -0.1) is 0 Å². The molecule has 0 unspecified atom stereocenters. The molecular formula is C52H45BN3O. The standard InChI is InChI=1S/C52H45BN3O/c1-5-6-9-16-33-23-26-37(27-24-33)54-43-22-15-14-21-38(43)40-30-39(34-17-10-7-11-18-34)48-41-29-36(52(2,3)4)25-28-45(41)56-46-32-47-44(31-42(46)53-49(40)50(48)56)55-51(57-47)35-19-12-8-13-20-35/h7-8,10-15,17-32,54H,5-6,9,16H2,1-4H3. The molecule has 277 valence electrons. The lowest BCUT2D eigenvalue weighted by Crippen LogP contribution is -2.37. The Balaban J connectivity index is 1.23. The van der Waals surface area contributed by atoms with E-state index >= 15 is 0 Å². The molecule has 1 N–H and O–H groups in total. The Labute approximate surface area is 335 Å². The number of fused-ring (bicyclic) bond motifs is 6. The summed E-state index contributed by atoms with van der Waals surface area (Å²) >= 11 is 0. The third kappa shape index (κ3) is 6.23. The van der Waals surface area contributed by atoms with E-state index in [1.165, 1.54) is 74.3 Å². The second-order valence-electron chi connectivity index (χ2n) is 16.5. The van der Waals surface area contributed by atoms with Crippen LogP contribution in [0.5, 0.6) is 0 Å². The van der Waals surface area contributed by atoms with Crippen LogP contribution in [0, 0.1) is 0 Å². The van der Waals surface area contributed by atoms with E-state index in [4.69, 9.17) is 9.40 Å². The summed E-state index contributed by atoms with van der Waals surface area (Å²) in [6, 6.07) is 52.7. The minimum absolute atomic E-state index is 0.0132. The highest BCUT2D eigenvalue weighted by Crippen LogP contribution is 2.44. The highest BCUT2D eigenvalue weighted by atomic mass is 16.3. The molecule has 1 radical (unpaired) electrons. The molecule has 0 bridgehead atoms. The molecule has 0 spiro atoms. The molecule has 10 rings (SSSR count). The summed E-state index contributed by atoms with van der Waals surface area (Å²) in [5.74, 6) is 0.629. The van der Waals surface area contributed by atoms with Gasteiger partial charge in [0.25, 0.3) is 0 Å². The van der Waals surface area contributed by atoms with Crippen LogP contribution in [-0.4, -0.2) is 16.8 Å². The fraction of sp³-hybridized carbons (Fsp3) is 0.173. The van der Waals surface area contributed by atoms with Gasteiger partial charge in [-0.25, -0.2) is 4.98 Å². The van der Waals surface area contributed by atoms with E-state index in [9.17, 15) is 0 Å². The first-order valence-corrected chi connectivity index (χ1v) is 20.4. The number of benzene rings is 7. The van der Waals surface area contributed by atoms with Crippen LogP contribution in [0.15, 0.2) is 150 Å². The monoisotopic (exact) mass is 738 g/mol. The summed E-state index contributed by atoms with van der Waals surface area (Å²) in [5, 5.41) is 6.33. The Morgan fingerprint density at radius 1 is 0.702 bits per heavy atom. The molecule has 0 aliphatic carbocycles. The number of aryl methyl sites for hydroxylation is 1. The van der Waals surface area contributed by atoms with E-state index in [1.54, 1.807) is 0 Å². The van der Waals surface area contributed by atoms with Crippen LogP contribution >= 0.6 is 0 Å². The molecule has 1 aliphatic heterocycles. The Morgan fingerprint density at radius 2 is 1.44 bits per heavy atom. The molecule has 0 saturated heterocycles. The number of nitrogens with zero attached hydrogens (tertiary/aromatic N) is 2. The Morgan fingerprint density at radius 3 is 2.19 bits per heavy atom. The van der Waals surface area contributed by atoms with Gasteiger partial charge < -0.3 is 14.3 Å². The van der Waals surface area contributed by atoms with Crippen LogP contribution in [0.1, 0.15) is 58.1 Å². The number of oxazole rings is 1. The molecule has 57 heavy (non-hydrogen) atoms. The van der Waals surface area contributed by atoms with Gasteiger partial charge >= 0.3 is 0 Å². The second kappa shape index (κ2) is 14.0. The molecule has 3 heterocycles. The predicted molar refractivity (Wildman–Crippen MR) is 241 cm³/mol. The quantitative estimate of drug-likeness (QED) is 0.118. The van der Waals surface area contributed by atoms with E-state index in [2.05, 4.69) is 160 Å². The first-order valence-electron chi connectivity index (χ1n) is 20.4. The van der Waals surface area contributed by atoms with Gasteiger partial charge in [0.15, 0.2) is 12.9 Å². The van der Waals surface area contributed by atoms with Gasteiger partial charge in [0.05, 0.1) is 5.52 Å². The average molecular weight is 739 g/mol. The molecule has 0 saturated carbocycles. The van der Waals surface area contributed by atoms with Gasteiger partial charge in [-0.05, 0) is 106 Å². The summed E-state index contributed by atoms with van der Waals surface area (Å²) in [5.41, 5.74) is 17.9. The minimum Gasteiger partial charge on any atom is -0.436 e. The molecule has 2 aromatic heterocycles. The number of anilines is 2. The summed E-state index contributed by atoms with van der Waals surface area (Å²) < 4.78 is 8.98. The first-order chi connectivity index (χ1) is 27.8. The maximum absolute atomic E-state index is 6.50. The van der Waals surface area contributed by atoms with Crippen molar-refractivity contribution < 1.29 is 4.42 Å². The number of unbranched alkanes of at least 4 members (excludes halogenated alkanes) is 2. The maximum Gasteiger partial charge on any atom is 0.227 e. The van der Waals surface area contributed by atoms with E-state index in [0.717, 1.165) is 51.2 Å². The molecule has 9 aromatic rings. The second-order valence-corrected chi connectivity index (χ2v) is 16.5. The Hall–Kier alpha value is -6.33. The number of aromatic nitrogens is 2. The van der Waals surface area contributed by atoms with E-state index < -0.39 is 0 Å². The largest absolute Gasteiger partial charge is 0.436 e. The third-order valence-corrected chi connectivity index (χ3v) is 11.6. The van der Waals surface area contributed by atoms with E-state index in [0.29, 0.717) is 5.89 Å². The molecule has 0 atom stereocenters. The zero-order valence-electron chi connectivity index (χ0n) is 33.1. The number of nitrogens with one attached hydrogen (secondary N) is 1. The van der Waals surface area contributed by atoms with Crippen molar-refractivity contribution in [3.8, 4) is 39.4 Å². The van der Waals surface area contributed by atoms with Crippen LogP contribution in [0.2, 0.25) is 0 Å². The van der Waals surface area contributed by atoms with Gasteiger partial charge in [-0.3, -0.25) is 0 Å². The Kier molecular flexibility index (Phi) is 8.63. The van der Waals surface area contributed by atoms with Crippen LogP contribution in [0.4, 0.5) is 11.4 Å². The van der Waals surface area contributed by atoms with Crippen LogP contribution < -0.4 is 16.2 Å². The summed E-state index contributed by atoms with van der Waals surface area (Å²) in [4.78, 5) is 5.00. The molecule has 4 nitrogen and oxygen atoms in total. The SMILES string of the molecule is CCCCCc1ccc(Nc2ccccc2-c2cc(-c3ccccc3)c3c4cc(C(C)(C)C)ccc4n4c3c2[B]c2cc3nc(-c5ccccc5)oc3cc2-4)cc1. The van der Waals surface area contributed by atoms with Crippen molar-refractivity contribution in [1.82, 2.24) is 9.55 Å². The van der Waals surface area contributed by atoms with E-state index in [1.807, 2.05) is 30.3 Å².